The van der Waals surface area contributed by atoms with Crippen LogP contribution in [0.2, 0.25) is 0 Å². The summed E-state index contributed by atoms with van der Waals surface area (Å²) in [6.45, 7) is 2.20. The largest absolute Gasteiger partial charge is 0.287 e. The Balaban J connectivity index is 2.25. The van der Waals surface area contributed by atoms with E-state index in [0.29, 0.717) is 12.5 Å². The molecule has 0 amide bonds. The number of nitrogens with zero attached hydrogens (tertiary/aromatic N) is 2. The third-order valence-corrected chi connectivity index (χ3v) is 2.32. The molecule has 1 aliphatic rings. The van der Waals surface area contributed by atoms with Crippen LogP contribution in [0.4, 0.5) is 0 Å². The van der Waals surface area contributed by atoms with Crippen LogP contribution in [0.1, 0.15) is 31.4 Å². The zero-order valence-corrected chi connectivity index (χ0v) is 8.16. The lowest BCUT2D eigenvalue weighted by Gasteiger charge is -2.00. The van der Waals surface area contributed by atoms with E-state index in [-0.39, 0.29) is 5.56 Å². The number of hydrogen-bond acceptors (Lipinski definition) is 2. The fourth-order valence-electron chi connectivity index (χ4n) is 1.33. The SMILES string of the molecule is CC#CCn1cnc(C2CC2)cc1=O. The number of aromatic nitrogens is 2. The fraction of sp³-hybridized carbons (Fsp3) is 0.455. The molecule has 1 aromatic rings. The molecular weight excluding hydrogens is 176 g/mol. The number of hydrogen-bond donors (Lipinski definition) is 0. The molecule has 1 saturated carbocycles. The Morgan fingerprint density at radius 2 is 2.43 bits per heavy atom. The van der Waals surface area contributed by atoms with Gasteiger partial charge in [-0.25, -0.2) is 4.98 Å². The third kappa shape index (κ3) is 1.85. The van der Waals surface area contributed by atoms with Gasteiger partial charge in [-0.3, -0.25) is 9.36 Å². The summed E-state index contributed by atoms with van der Waals surface area (Å²) in [4.78, 5) is 15.8. The van der Waals surface area contributed by atoms with Crippen LogP contribution >= 0.6 is 0 Å². The van der Waals surface area contributed by atoms with E-state index in [0.717, 1.165) is 5.69 Å². The number of rotatable bonds is 2. The van der Waals surface area contributed by atoms with Crippen LogP contribution in [0.3, 0.4) is 0 Å². The topological polar surface area (TPSA) is 34.9 Å². The van der Waals surface area contributed by atoms with E-state index in [9.17, 15) is 4.79 Å². The van der Waals surface area contributed by atoms with Gasteiger partial charge in [-0.05, 0) is 19.8 Å². The average Bonchev–Trinajstić information content (AvgIpc) is 2.99. The highest BCUT2D eigenvalue weighted by Gasteiger charge is 2.25. The van der Waals surface area contributed by atoms with Crippen molar-refractivity contribution in [2.24, 2.45) is 0 Å². The Bertz CT molecular complexity index is 446. The summed E-state index contributed by atoms with van der Waals surface area (Å²) in [5.74, 6) is 6.13. The van der Waals surface area contributed by atoms with Crippen LogP contribution < -0.4 is 5.56 Å². The van der Waals surface area contributed by atoms with E-state index in [2.05, 4.69) is 16.8 Å². The van der Waals surface area contributed by atoms with E-state index in [1.54, 1.807) is 19.3 Å². The van der Waals surface area contributed by atoms with Gasteiger partial charge in [-0.2, -0.15) is 0 Å². The van der Waals surface area contributed by atoms with Gasteiger partial charge < -0.3 is 0 Å². The van der Waals surface area contributed by atoms with Crippen LogP contribution in [0.5, 0.6) is 0 Å². The fourth-order valence-corrected chi connectivity index (χ4v) is 1.33. The maximum Gasteiger partial charge on any atom is 0.254 e. The Hall–Kier alpha value is -1.56. The standard InChI is InChI=1S/C11H12N2O/c1-2-3-6-13-8-12-10(7-11(13)14)9-4-5-9/h7-9H,4-6H2,1H3. The molecule has 3 nitrogen and oxygen atoms in total. The van der Waals surface area contributed by atoms with Crippen LogP contribution in [0.25, 0.3) is 0 Å². The minimum Gasteiger partial charge on any atom is -0.287 e. The molecule has 0 bridgehead atoms. The molecule has 14 heavy (non-hydrogen) atoms. The van der Waals surface area contributed by atoms with E-state index in [4.69, 9.17) is 0 Å². The van der Waals surface area contributed by atoms with Crippen molar-refractivity contribution in [2.75, 3.05) is 0 Å². The van der Waals surface area contributed by atoms with Crippen LogP contribution in [-0.4, -0.2) is 9.55 Å². The zero-order valence-electron chi connectivity index (χ0n) is 8.16. The summed E-state index contributed by atoms with van der Waals surface area (Å²) in [5.41, 5.74) is 0.945. The van der Waals surface area contributed by atoms with Gasteiger partial charge in [0.05, 0.1) is 18.6 Å². The van der Waals surface area contributed by atoms with E-state index in [1.807, 2.05) is 0 Å². The summed E-state index contributed by atoms with van der Waals surface area (Å²) in [6.07, 6.45) is 3.94. The van der Waals surface area contributed by atoms with Crippen LogP contribution in [0.15, 0.2) is 17.2 Å². The van der Waals surface area contributed by atoms with Crippen molar-refractivity contribution < 1.29 is 0 Å². The second-order valence-corrected chi connectivity index (χ2v) is 3.48. The molecule has 0 aliphatic heterocycles. The molecule has 1 heterocycles. The van der Waals surface area contributed by atoms with Gasteiger partial charge in [-0.15, -0.1) is 5.92 Å². The van der Waals surface area contributed by atoms with Gasteiger partial charge in [0, 0.05) is 12.0 Å². The van der Waals surface area contributed by atoms with Crippen molar-refractivity contribution in [2.45, 2.75) is 32.2 Å². The van der Waals surface area contributed by atoms with Gasteiger partial charge >= 0.3 is 0 Å². The first-order valence-corrected chi connectivity index (χ1v) is 4.77. The summed E-state index contributed by atoms with van der Waals surface area (Å²) in [5, 5.41) is 0. The van der Waals surface area contributed by atoms with Crippen molar-refractivity contribution >= 4 is 0 Å². The van der Waals surface area contributed by atoms with E-state index >= 15 is 0 Å². The second kappa shape index (κ2) is 3.67. The molecule has 0 atom stereocenters. The molecule has 0 N–H and O–H groups in total. The molecule has 0 unspecified atom stereocenters. The van der Waals surface area contributed by atoms with Gasteiger partial charge in [0.15, 0.2) is 0 Å². The van der Waals surface area contributed by atoms with Gasteiger partial charge in [-0.1, -0.05) is 5.92 Å². The van der Waals surface area contributed by atoms with Crippen molar-refractivity contribution in [1.82, 2.24) is 9.55 Å². The highest BCUT2D eigenvalue weighted by Crippen LogP contribution is 2.38. The normalized spacial score (nSPS) is 14.6. The van der Waals surface area contributed by atoms with E-state index in [1.165, 1.54) is 17.4 Å². The molecule has 0 radical (unpaired) electrons. The maximum atomic E-state index is 11.5. The molecular formula is C11H12N2O. The first-order valence-electron chi connectivity index (χ1n) is 4.77. The Labute approximate surface area is 82.8 Å². The molecule has 3 heteroatoms. The maximum absolute atomic E-state index is 11.5. The molecule has 1 aliphatic carbocycles. The summed E-state index contributed by atoms with van der Waals surface area (Å²) < 4.78 is 1.53. The third-order valence-electron chi connectivity index (χ3n) is 2.32. The summed E-state index contributed by atoms with van der Waals surface area (Å²) in [6, 6.07) is 1.63. The van der Waals surface area contributed by atoms with Crippen LogP contribution in [-0.2, 0) is 6.54 Å². The summed E-state index contributed by atoms with van der Waals surface area (Å²) in [7, 11) is 0. The average molecular weight is 188 g/mol. The van der Waals surface area contributed by atoms with Gasteiger partial charge in [0.2, 0.25) is 0 Å². The first kappa shape index (κ1) is 9.01. The predicted octanol–water partition coefficient (Wildman–Crippen LogP) is 1.14. The molecule has 0 saturated heterocycles. The monoisotopic (exact) mass is 188 g/mol. The Kier molecular flexibility index (Phi) is 2.36. The van der Waals surface area contributed by atoms with Crippen molar-refractivity contribution in [3.05, 3.63) is 28.4 Å². The Morgan fingerprint density at radius 3 is 3.00 bits per heavy atom. The zero-order chi connectivity index (χ0) is 9.97. The highest BCUT2D eigenvalue weighted by atomic mass is 16.1. The first-order chi connectivity index (χ1) is 6.81. The van der Waals surface area contributed by atoms with E-state index < -0.39 is 0 Å². The minimum absolute atomic E-state index is 0.00431. The quantitative estimate of drug-likeness (QED) is 0.652. The lowest BCUT2D eigenvalue weighted by molar-refractivity contribution is 0.752. The molecule has 0 aromatic carbocycles. The minimum atomic E-state index is 0.00431. The molecule has 1 fully saturated rings. The molecule has 1 aromatic heterocycles. The lowest BCUT2D eigenvalue weighted by Crippen LogP contribution is -2.19. The second-order valence-electron chi connectivity index (χ2n) is 3.48. The summed E-state index contributed by atoms with van der Waals surface area (Å²) >= 11 is 0. The smallest absolute Gasteiger partial charge is 0.254 e. The van der Waals surface area contributed by atoms with Crippen molar-refractivity contribution in [3.63, 3.8) is 0 Å². The van der Waals surface area contributed by atoms with Crippen LogP contribution in [0, 0.1) is 11.8 Å². The Morgan fingerprint density at radius 1 is 1.64 bits per heavy atom. The molecule has 0 spiro atoms. The highest BCUT2D eigenvalue weighted by molar-refractivity contribution is 5.12. The molecule has 72 valence electrons. The van der Waals surface area contributed by atoms with Gasteiger partial charge in [0.1, 0.15) is 0 Å². The van der Waals surface area contributed by atoms with Crippen molar-refractivity contribution in [1.29, 1.82) is 0 Å². The van der Waals surface area contributed by atoms with Gasteiger partial charge in [0.25, 0.3) is 5.56 Å². The lowest BCUT2D eigenvalue weighted by atomic mass is 10.3. The molecule has 2 rings (SSSR count). The van der Waals surface area contributed by atoms with Crippen molar-refractivity contribution in [3.8, 4) is 11.8 Å². The predicted molar refractivity (Wildman–Crippen MR) is 53.9 cm³/mol.